The number of piperidine rings is 1. The molecule has 2 saturated heterocycles. The molecule has 7 heteroatoms. The van der Waals surface area contributed by atoms with Crippen molar-refractivity contribution in [2.75, 3.05) is 26.3 Å². The molecule has 2 aromatic rings. The fourth-order valence-electron chi connectivity index (χ4n) is 3.93. The molecule has 4 rings (SSSR count). The zero-order valence-corrected chi connectivity index (χ0v) is 16.3. The molecule has 26 heavy (non-hydrogen) atoms. The third-order valence-electron chi connectivity index (χ3n) is 5.75. The van der Waals surface area contributed by atoms with Gasteiger partial charge in [-0.15, -0.1) is 11.3 Å². The molecule has 0 amide bonds. The molecule has 0 saturated carbocycles. The lowest BCUT2D eigenvalue weighted by atomic mass is 9.92. The minimum absolute atomic E-state index is 0.392. The fourth-order valence-corrected chi connectivity index (χ4v) is 4.75. The quantitative estimate of drug-likeness (QED) is 0.768. The van der Waals surface area contributed by atoms with Crippen molar-refractivity contribution in [3.8, 4) is 0 Å². The molecule has 0 unspecified atom stereocenters. The van der Waals surface area contributed by atoms with Crippen LogP contribution in [0, 0.1) is 12.8 Å². The van der Waals surface area contributed by atoms with E-state index in [4.69, 9.17) is 9.26 Å². The smallest absolute Gasteiger partial charge is 0.229 e. The number of ether oxygens (including phenoxy) is 1. The Balaban J connectivity index is 1.20. The van der Waals surface area contributed by atoms with E-state index in [1.165, 1.54) is 42.9 Å². The first-order valence-corrected chi connectivity index (χ1v) is 10.7. The molecule has 0 atom stereocenters. The van der Waals surface area contributed by atoms with Gasteiger partial charge in [0.1, 0.15) is 0 Å². The van der Waals surface area contributed by atoms with Gasteiger partial charge >= 0.3 is 0 Å². The van der Waals surface area contributed by atoms with E-state index in [1.54, 1.807) is 11.3 Å². The molecule has 2 aromatic heterocycles. The van der Waals surface area contributed by atoms with Gasteiger partial charge in [-0.05, 0) is 58.0 Å². The van der Waals surface area contributed by atoms with Crippen molar-refractivity contribution < 1.29 is 9.26 Å². The summed E-state index contributed by atoms with van der Waals surface area (Å²) in [4.78, 5) is 13.0. The molecule has 2 aliphatic heterocycles. The van der Waals surface area contributed by atoms with Crippen molar-refractivity contribution in [1.82, 2.24) is 20.0 Å². The Hall–Kier alpha value is -1.31. The molecule has 0 radical (unpaired) electrons. The highest BCUT2D eigenvalue weighted by atomic mass is 32.1. The Morgan fingerprint density at radius 3 is 2.73 bits per heavy atom. The molecule has 0 aromatic carbocycles. The first-order valence-electron chi connectivity index (χ1n) is 9.79. The van der Waals surface area contributed by atoms with Crippen LogP contribution in [0.25, 0.3) is 0 Å². The third kappa shape index (κ3) is 4.50. The maximum Gasteiger partial charge on any atom is 0.229 e. The molecule has 0 spiro atoms. The maximum absolute atomic E-state index is 5.50. The Morgan fingerprint density at radius 1 is 1.19 bits per heavy atom. The summed E-state index contributed by atoms with van der Waals surface area (Å²) in [5.41, 5.74) is 3.14. The Morgan fingerprint density at radius 2 is 2.00 bits per heavy atom. The van der Waals surface area contributed by atoms with Gasteiger partial charge < -0.3 is 9.26 Å². The van der Waals surface area contributed by atoms with Crippen LogP contribution in [0.2, 0.25) is 0 Å². The maximum atomic E-state index is 5.50. The number of thiazole rings is 1. The molecule has 2 fully saturated rings. The lowest BCUT2D eigenvalue weighted by Gasteiger charge is -2.31. The number of aromatic nitrogens is 3. The number of aryl methyl sites for hydroxylation is 2. The number of hydrogen-bond acceptors (Lipinski definition) is 7. The van der Waals surface area contributed by atoms with Crippen LogP contribution in [0.1, 0.15) is 60.3 Å². The standard InChI is InChI=1S/C19H28N4O2S/c1-14-17(26-13-20-14)12-23-8-4-15(5-9-23)2-3-18-21-19(25-22-18)16-6-10-24-11-7-16/h13,15-16H,2-12H2,1H3. The summed E-state index contributed by atoms with van der Waals surface area (Å²) < 4.78 is 10.9. The molecule has 0 aliphatic carbocycles. The molecule has 2 aliphatic rings. The highest BCUT2D eigenvalue weighted by Gasteiger charge is 2.23. The molecule has 0 bridgehead atoms. The van der Waals surface area contributed by atoms with Gasteiger partial charge in [-0.3, -0.25) is 4.90 Å². The van der Waals surface area contributed by atoms with E-state index in [0.717, 1.165) is 56.7 Å². The van der Waals surface area contributed by atoms with Gasteiger partial charge in [0.2, 0.25) is 5.89 Å². The predicted octanol–water partition coefficient (Wildman–Crippen LogP) is 3.57. The van der Waals surface area contributed by atoms with Crippen LogP contribution in [-0.2, 0) is 17.7 Å². The van der Waals surface area contributed by atoms with Crippen LogP contribution in [0.3, 0.4) is 0 Å². The van der Waals surface area contributed by atoms with Gasteiger partial charge in [0.05, 0.1) is 11.2 Å². The monoisotopic (exact) mass is 376 g/mol. The number of nitrogens with zero attached hydrogens (tertiary/aromatic N) is 4. The highest BCUT2D eigenvalue weighted by Crippen LogP contribution is 2.27. The van der Waals surface area contributed by atoms with E-state index >= 15 is 0 Å². The largest absolute Gasteiger partial charge is 0.381 e. The Bertz CT molecular complexity index is 687. The third-order valence-corrected chi connectivity index (χ3v) is 6.67. The minimum atomic E-state index is 0.392. The zero-order chi connectivity index (χ0) is 17.8. The van der Waals surface area contributed by atoms with E-state index in [9.17, 15) is 0 Å². The predicted molar refractivity (Wildman–Crippen MR) is 100 cm³/mol. The molecular formula is C19H28N4O2S. The summed E-state index contributed by atoms with van der Waals surface area (Å²) in [5, 5.41) is 4.21. The fraction of sp³-hybridized carbons (Fsp3) is 0.737. The van der Waals surface area contributed by atoms with Crippen molar-refractivity contribution in [3.05, 3.63) is 27.8 Å². The second-order valence-corrected chi connectivity index (χ2v) is 8.49. The minimum Gasteiger partial charge on any atom is -0.381 e. The van der Waals surface area contributed by atoms with Gasteiger partial charge in [0.15, 0.2) is 5.82 Å². The zero-order valence-electron chi connectivity index (χ0n) is 15.5. The molecular weight excluding hydrogens is 348 g/mol. The van der Waals surface area contributed by atoms with E-state index in [2.05, 4.69) is 26.9 Å². The second-order valence-electron chi connectivity index (χ2n) is 7.55. The van der Waals surface area contributed by atoms with E-state index < -0.39 is 0 Å². The van der Waals surface area contributed by atoms with E-state index in [-0.39, 0.29) is 0 Å². The summed E-state index contributed by atoms with van der Waals surface area (Å²) in [6, 6.07) is 0. The highest BCUT2D eigenvalue weighted by molar-refractivity contribution is 7.09. The Labute approximate surface area is 159 Å². The van der Waals surface area contributed by atoms with Crippen molar-refractivity contribution in [1.29, 1.82) is 0 Å². The molecule has 142 valence electrons. The summed E-state index contributed by atoms with van der Waals surface area (Å²) >= 11 is 1.78. The van der Waals surface area contributed by atoms with Gasteiger partial charge in [-0.1, -0.05) is 5.16 Å². The Kier molecular flexibility index (Phi) is 5.97. The SMILES string of the molecule is Cc1ncsc1CN1CCC(CCc2noc(C3CCOCC3)n2)CC1. The molecule has 6 nitrogen and oxygen atoms in total. The number of likely N-dealkylation sites (tertiary alicyclic amines) is 1. The van der Waals surface area contributed by atoms with E-state index in [0.29, 0.717) is 5.92 Å². The van der Waals surface area contributed by atoms with Crippen LogP contribution in [-0.4, -0.2) is 46.3 Å². The van der Waals surface area contributed by atoms with Crippen molar-refractivity contribution in [3.63, 3.8) is 0 Å². The lowest BCUT2D eigenvalue weighted by Crippen LogP contribution is -2.33. The number of rotatable bonds is 6. The summed E-state index contributed by atoms with van der Waals surface area (Å²) in [5.74, 6) is 2.87. The van der Waals surface area contributed by atoms with Gasteiger partial charge in [-0.2, -0.15) is 4.98 Å². The van der Waals surface area contributed by atoms with Crippen molar-refractivity contribution >= 4 is 11.3 Å². The molecule has 4 heterocycles. The van der Waals surface area contributed by atoms with Crippen LogP contribution in [0.5, 0.6) is 0 Å². The van der Waals surface area contributed by atoms with Gasteiger partial charge in [0, 0.05) is 37.0 Å². The topological polar surface area (TPSA) is 64.3 Å². The van der Waals surface area contributed by atoms with E-state index in [1.807, 2.05) is 5.51 Å². The number of hydrogen-bond donors (Lipinski definition) is 0. The van der Waals surface area contributed by atoms with Crippen molar-refractivity contribution in [2.45, 2.75) is 57.9 Å². The van der Waals surface area contributed by atoms with Crippen LogP contribution in [0.4, 0.5) is 0 Å². The van der Waals surface area contributed by atoms with Gasteiger partial charge in [-0.25, -0.2) is 4.98 Å². The summed E-state index contributed by atoms with van der Waals surface area (Å²) in [7, 11) is 0. The van der Waals surface area contributed by atoms with Crippen molar-refractivity contribution in [2.24, 2.45) is 5.92 Å². The van der Waals surface area contributed by atoms with Gasteiger partial charge in [0.25, 0.3) is 0 Å². The van der Waals surface area contributed by atoms with Crippen LogP contribution >= 0.6 is 11.3 Å². The summed E-state index contributed by atoms with van der Waals surface area (Å²) in [6.45, 7) is 7.15. The average molecular weight is 377 g/mol. The molecule has 0 N–H and O–H groups in total. The lowest BCUT2D eigenvalue weighted by molar-refractivity contribution is 0.0778. The normalized spacial score (nSPS) is 20.7. The van der Waals surface area contributed by atoms with Crippen LogP contribution in [0.15, 0.2) is 10.0 Å². The first kappa shape index (κ1) is 18.1. The average Bonchev–Trinajstić information content (AvgIpc) is 3.31. The van der Waals surface area contributed by atoms with Crippen LogP contribution < -0.4 is 0 Å². The second kappa shape index (κ2) is 8.59. The summed E-state index contributed by atoms with van der Waals surface area (Å²) in [6.07, 6.45) is 6.63. The first-order chi connectivity index (χ1) is 12.8.